The lowest BCUT2D eigenvalue weighted by Crippen LogP contribution is -2.47. The molecule has 0 bridgehead atoms. The fraction of sp³-hybridized carbons (Fsp3) is 0.432. The van der Waals surface area contributed by atoms with Crippen LogP contribution in [0.5, 0.6) is 6.01 Å². The van der Waals surface area contributed by atoms with Crippen LogP contribution in [-0.2, 0) is 4.79 Å². The van der Waals surface area contributed by atoms with Crippen LogP contribution in [0, 0.1) is 28.5 Å². The number of hydrogen-bond donors (Lipinski definition) is 1. The second kappa shape index (κ2) is 13.1. The monoisotopic (exact) mass is 696 g/mol. The highest BCUT2D eigenvalue weighted by atomic mass is 32.1. The molecule has 7 rings (SSSR count). The fourth-order valence-electron chi connectivity index (χ4n) is 8.54. The smallest absolute Gasteiger partial charge is 0.319 e. The van der Waals surface area contributed by atoms with Gasteiger partial charge in [-0.05, 0) is 69.0 Å². The molecule has 50 heavy (non-hydrogen) atoms. The summed E-state index contributed by atoms with van der Waals surface area (Å²) >= 11 is 0.994. The molecule has 1 amide bonds. The predicted molar refractivity (Wildman–Crippen MR) is 190 cm³/mol. The standard InChI is InChI=1S/C37H38F2N8O2S/c1-4-29-30(10-13-47(29)31(48)5-2)46(6-3)35-25-14-21(17-40)24(23-8-9-27(39)33-32(23)26(18-41)34(42)50-33)15-28(25)43-36(44-35)49-20-37-11-7-12-45(37)19-22(38)16-37/h5,8-9,14-15,22,29-30H,2,4,6-7,10-13,16,19-20,42H2,1,3H3. The first kappa shape index (κ1) is 33.6. The van der Waals surface area contributed by atoms with E-state index in [0.29, 0.717) is 65.7 Å². The normalized spacial score (nSPS) is 23.2. The number of rotatable bonds is 9. The maximum absolute atomic E-state index is 15.0. The van der Waals surface area contributed by atoms with E-state index in [1.165, 1.54) is 12.1 Å². The van der Waals surface area contributed by atoms with E-state index in [9.17, 15) is 24.1 Å². The van der Waals surface area contributed by atoms with Gasteiger partial charge in [0.05, 0.1) is 45.0 Å². The van der Waals surface area contributed by atoms with Gasteiger partial charge in [0.2, 0.25) is 5.91 Å². The summed E-state index contributed by atoms with van der Waals surface area (Å²) in [5.41, 5.74) is 7.60. The van der Waals surface area contributed by atoms with Gasteiger partial charge < -0.3 is 20.3 Å². The van der Waals surface area contributed by atoms with E-state index in [1.54, 1.807) is 18.2 Å². The van der Waals surface area contributed by atoms with Crippen molar-refractivity contribution in [3.8, 4) is 29.3 Å². The molecule has 0 spiro atoms. The number of nitriles is 2. The van der Waals surface area contributed by atoms with Crippen LogP contribution in [0.15, 0.2) is 36.9 Å². The Labute approximate surface area is 293 Å². The Morgan fingerprint density at radius 3 is 2.78 bits per heavy atom. The first-order valence-corrected chi connectivity index (χ1v) is 17.9. The minimum absolute atomic E-state index is 0.0835. The third kappa shape index (κ3) is 5.40. The third-order valence-corrected chi connectivity index (χ3v) is 11.8. The molecular formula is C37H38F2N8O2S. The van der Waals surface area contributed by atoms with Gasteiger partial charge in [0.1, 0.15) is 35.5 Å². The van der Waals surface area contributed by atoms with Crippen molar-refractivity contribution in [3.05, 3.63) is 53.9 Å². The summed E-state index contributed by atoms with van der Waals surface area (Å²) in [4.78, 5) is 28.8. The number of fused-ring (bicyclic) bond motifs is 3. The van der Waals surface area contributed by atoms with E-state index in [0.717, 1.165) is 37.1 Å². The number of carbonyl (C=O) groups excluding carboxylic acids is 1. The van der Waals surface area contributed by atoms with Crippen LogP contribution in [0.1, 0.15) is 57.1 Å². The van der Waals surface area contributed by atoms with E-state index in [2.05, 4.69) is 35.4 Å². The lowest BCUT2D eigenvalue weighted by molar-refractivity contribution is -0.126. The number of benzene rings is 2. The predicted octanol–water partition coefficient (Wildman–Crippen LogP) is 6.32. The number of carbonyl (C=O) groups is 1. The summed E-state index contributed by atoms with van der Waals surface area (Å²) in [6, 6.07) is 10.7. The first-order chi connectivity index (χ1) is 24.2. The van der Waals surface area contributed by atoms with Crippen molar-refractivity contribution in [2.24, 2.45) is 0 Å². The van der Waals surface area contributed by atoms with Gasteiger partial charge >= 0.3 is 6.01 Å². The van der Waals surface area contributed by atoms with E-state index >= 15 is 0 Å². The van der Waals surface area contributed by atoms with Gasteiger partial charge in [-0.1, -0.05) is 19.6 Å². The van der Waals surface area contributed by atoms with Gasteiger partial charge in [0.15, 0.2) is 0 Å². The van der Waals surface area contributed by atoms with Crippen molar-refractivity contribution in [3.63, 3.8) is 0 Å². The fourth-order valence-corrected chi connectivity index (χ4v) is 9.48. The Morgan fingerprint density at radius 2 is 2.06 bits per heavy atom. The third-order valence-electron chi connectivity index (χ3n) is 10.8. The van der Waals surface area contributed by atoms with Gasteiger partial charge in [0, 0.05) is 42.4 Å². The van der Waals surface area contributed by atoms with Crippen LogP contribution in [0.2, 0.25) is 0 Å². The van der Waals surface area contributed by atoms with E-state index in [4.69, 9.17) is 20.4 Å². The molecule has 4 aromatic rings. The number of thiophene rings is 1. The highest BCUT2D eigenvalue weighted by molar-refractivity contribution is 7.23. The molecule has 13 heteroatoms. The lowest BCUT2D eigenvalue weighted by Gasteiger charge is -2.36. The Kier molecular flexibility index (Phi) is 8.83. The molecule has 2 N–H and O–H groups in total. The summed E-state index contributed by atoms with van der Waals surface area (Å²) in [5, 5.41) is 21.6. The van der Waals surface area contributed by atoms with Crippen molar-refractivity contribution >= 4 is 49.1 Å². The van der Waals surface area contributed by atoms with Crippen LogP contribution in [0.3, 0.4) is 0 Å². The van der Waals surface area contributed by atoms with Crippen LogP contribution in [0.4, 0.5) is 19.6 Å². The minimum Gasteiger partial charge on any atom is -0.461 e. The molecule has 0 saturated carbocycles. The minimum atomic E-state index is -0.916. The van der Waals surface area contributed by atoms with E-state index < -0.39 is 17.5 Å². The summed E-state index contributed by atoms with van der Waals surface area (Å²) < 4.78 is 36.3. The molecule has 4 atom stereocenters. The van der Waals surface area contributed by atoms with Crippen LogP contribution in [0.25, 0.3) is 32.1 Å². The second-order valence-electron chi connectivity index (χ2n) is 13.3. The summed E-state index contributed by atoms with van der Waals surface area (Å²) in [6.07, 6.45) is 4.03. The number of nitrogen functional groups attached to an aromatic ring is 1. The molecule has 5 heterocycles. The number of nitrogens with two attached hydrogens (primary N) is 1. The van der Waals surface area contributed by atoms with E-state index in [-0.39, 0.29) is 51.4 Å². The van der Waals surface area contributed by atoms with Gasteiger partial charge in [0.25, 0.3) is 0 Å². The Hall–Kier alpha value is -4.85. The summed E-state index contributed by atoms with van der Waals surface area (Å²) in [7, 11) is 0. The number of likely N-dealkylation sites (tertiary alicyclic amines) is 1. The lowest BCUT2D eigenvalue weighted by atomic mass is 9.94. The average molecular weight is 697 g/mol. The number of hydrogen-bond acceptors (Lipinski definition) is 10. The average Bonchev–Trinajstić information content (AvgIpc) is 3.87. The van der Waals surface area contributed by atoms with Gasteiger partial charge in [-0.15, -0.1) is 11.3 Å². The Morgan fingerprint density at radius 1 is 1.24 bits per heavy atom. The van der Waals surface area contributed by atoms with Crippen molar-refractivity contribution in [2.45, 2.75) is 69.7 Å². The number of ether oxygens (including phenoxy) is 1. The maximum atomic E-state index is 15.0. The van der Waals surface area contributed by atoms with Crippen LogP contribution in [-0.4, -0.2) is 82.3 Å². The molecule has 10 nitrogen and oxygen atoms in total. The molecule has 2 aromatic carbocycles. The summed E-state index contributed by atoms with van der Waals surface area (Å²) in [6.45, 7) is 10.3. The number of amides is 1. The zero-order valence-electron chi connectivity index (χ0n) is 28.1. The second-order valence-corrected chi connectivity index (χ2v) is 14.4. The van der Waals surface area contributed by atoms with E-state index in [1.807, 2.05) is 11.8 Å². The number of anilines is 2. The van der Waals surface area contributed by atoms with Crippen LogP contribution >= 0.6 is 11.3 Å². The van der Waals surface area contributed by atoms with Gasteiger partial charge in [-0.3, -0.25) is 9.69 Å². The zero-order valence-corrected chi connectivity index (χ0v) is 28.9. The molecule has 4 unspecified atom stereocenters. The van der Waals surface area contributed by atoms with Crippen molar-refractivity contribution in [1.82, 2.24) is 19.8 Å². The van der Waals surface area contributed by atoms with Crippen molar-refractivity contribution in [2.75, 3.05) is 43.4 Å². The number of nitrogens with zero attached hydrogens (tertiary/aromatic N) is 7. The Bertz CT molecular complexity index is 2110. The summed E-state index contributed by atoms with van der Waals surface area (Å²) in [5.74, 6) is -0.0685. The quantitative estimate of drug-likeness (QED) is 0.199. The maximum Gasteiger partial charge on any atom is 0.319 e. The highest BCUT2D eigenvalue weighted by Crippen LogP contribution is 2.44. The van der Waals surface area contributed by atoms with Crippen LogP contribution < -0.4 is 15.4 Å². The molecule has 0 aliphatic carbocycles. The molecule has 2 aromatic heterocycles. The topological polar surface area (TPSA) is 135 Å². The first-order valence-electron chi connectivity index (χ1n) is 17.0. The molecule has 3 aliphatic heterocycles. The Balaban J connectivity index is 1.40. The zero-order chi connectivity index (χ0) is 35.3. The molecule has 3 aliphatic rings. The molecule has 258 valence electrons. The number of halogens is 2. The SMILES string of the molecule is C=CC(=O)N1CCC(N(CC)c2nc(OCC34CCCN3CC(F)C4)nc3cc(-c4ccc(F)c5sc(N)c(C#N)c45)c(C#N)cc23)C1CC. The van der Waals surface area contributed by atoms with Crippen molar-refractivity contribution in [1.29, 1.82) is 10.5 Å². The number of alkyl halides is 1. The molecular weight excluding hydrogens is 659 g/mol. The number of aromatic nitrogens is 2. The van der Waals surface area contributed by atoms with Gasteiger partial charge in [-0.2, -0.15) is 20.5 Å². The molecule has 3 saturated heterocycles. The highest BCUT2D eigenvalue weighted by Gasteiger charge is 2.49. The van der Waals surface area contributed by atoms with Crippen molar-refractivity contribution < 1.29 is 18.3 Å². The number of likely N-dealkylation sites (N-methyl/N-ethyl adjacent to an activating group) is 1. The largest absolute Gasteiger partial charge is 0.461 e. The van der Waals surface area contributed by atoms with Gasteiger partial charge in [-0.25, -0.2) is 8.78 Å². The molecule has 0 radical (unpaired) electrons. The molecule has 3 fully saturated rings.